The number of rotatable bonds is 3. The number of nitrogens with two attached hydrogens (primary N) is 1. The number of carbonyl (C=O) groups excluding carboxylic acids is 1. The summed E-state index contributed by atoms with van der Waals surface area (Å²) >= 11 is 0. The van der Waals surface area contributed by atoms with Crippen LogP contribution in [0, 0.1) is 0 Å². The Morgan fingerprint density at radius 1 is 1.47 bits per heavy atom. The third kappa shape index (κ3) is 3.00. The second-order valence-electron chi connectivity index (χ2n) is 4.02. The summed E-state index contributed by atoms with van der Waals surface area (Å²) in [5.41, 5.74) is 5.73. The lowest BCUT2D eigenvalue weighted by Crippen LogP contribution is -2.45. The molecule has 1 aromatic rings. The molecule has 0 aliphatic carbocycles. The van der Waals surface area contributed by atoms with E-state index in [9.17, 15) is 9.90 Å². The summed E-state index contributed by atoms with van der Waals surface area (Å²) in [5, 5.41) is 9.84. The second kappa shape index (κ2) is 6.05. The lowest BCUT2D eigenvalue weighted by atomic mass is 10.1. The van der Waals surface area contributed by atoms with Crippen LogP contribution in [0.4, 0.5) is 0 Å². The first-order valence-electron chi connectivity index (χ1n) is 5.46. The van der Waals surface area contributed by atoms with Gasteiger partial charge in [0.2, 0.25) is 5.91 Å². The lowest BCUT2D eigenvalue weighted by Gasteiger charge is -2.22. The van der Waals surface area contributed by atoms with Gasteiger partial charge in [0.1, 0.15) is 17.9 Å². The first kappa shape index (κ1) is 14.0. The molecule has 0 spiro atoms. The van der Waals surface area contributed by atoms with Crippen molar-refractivity contribution >= 4 is 18.3 Å². The predicted molar refractivity (Wildman–Crippen MR) is 64.7 cm³/mol. The van der Waals surface area contributed by atoms with Gasteiger partial charge in [-0.1, -0.05) is 0 Å². The summed E-state index contributed by atoms with van der Waals surface area (Å²) < 4.78 is 5.03. The summed E-state index contributed by atoms with van der Waals surface area (Å²) in [6.07, 6.45) is 2.40. The number of amides is 1. The fourth-order valence-corrected chi connectivity index (χ4v) is 1.92. The highest BCUT2D eigenvalue weighted by atomic mass is 35.5. The molecule has 2 unspecified atom stereocenters. The molecule has 17 heavy (non-hydrogen) atoms. The Kier molecular flexibility index (Phi) is 4.99. The molecule has 1 saturated heterocycles. The number of hydrogen-bond acceptors (Lipinski definition) is 4. The van der Waals surface area contributed by atoms with Gasteiger partial charge in [0.15, 0.2) is 0 Å². The van der Waals surface area contributed by atoms with Crippen LogP contribution in [-0.4, -0.2) is 35.0 Å². The van der Waals surface area contributed by atoms with E-state index in [0.717, 1.165) is 25.9 Å². The van der Waals surface area contributed by atoms with Gasteiger partial charge in [-0.3, -0.25) is 4.79 Å². The highest BCUT2D eigenvalue weighted by Gasteiger charge is 2.30. The van der Waals surface area contributed by atoms with Gasteiger partial charge in [0.05, 0.1) is 6.26 Å². The standard InChI is InChI=1S/C11H16N2O3.ClH/c12-9(10(14)8-4-3-7-16-8)11(15)13-5-1-2-6-13;/h3-4,7,9-10,14H,1-2,5-6,12H2;1H. The van der Waals surface area contributed by atoms with Crippen LogP contribution in [-0.2, 0) is 4.79 Å². The van der Waals surface area contributed by atoms with Crippen LogP contribution in [0.1, 0.15) is 24.7 Å². The molecule has 0 radical (unpaired) electrons. The molecule has 0 bridgehead atoms. The van der Waals surface area contributed by atoms with Gasteiger partial charge in [-0.25, -0.2) is 0 Å². The van der Waals surface area contributed by atoms with Crippen molar-refractivity contribution in [3.63, 3.8) is 0 Å². The maximum Gasteiger partial charge on any atom is 0.242 e. The molecule has 0 aromatic carbocycles. The summed E-state index contributed by atoms with van der Waals surface area (Å²) in [6, 6.07) is 2.33. The summed E-state index contributed by atoms with van der Waals surface area (Å²) in [7, 11) is 0. The van der Waals surface area contributed by atoms with Crippen LogP contribution in [0.2, 0.25) is 0 Å². The van der Waals surface area contributed by atoms with Crippen LogP contribution < -0.4 is 5.73 Å². The number of aliphatic hydroxyl groups excluding tert-OH is 1. The number of nitrogens with zero attached hydrogens (tertiary/aromatic N) is 1. The number of furan rings is 1. The highest BCUT2D eigenvalue weighted by Crippen LogP contribution is 2.19. The van der Waals surface area contributed by atoms with Crippen LogP contribution in [0.25, 0.3) is 0 Å². The average molecular weight is 261 g/mol. The molecule has 5 nitrogen and oxygen atoms in total. The molecule has 96 valence electrons. The molecule has 2 atom stereocenters. The van der Waals surface area contributed by atoms with Gasteiger partial charge < -0.3 is 20.2 Å². The van der Waals surface area contributed by atoms with Crippen molar-refractivity contribution in [3.8, 4) is 0 Å². The fourth-order valence-electron chi connectivity index (χ4n) is 1.92. The zero-order valence-electron chi connectivity index (χ0n) is 9.41. The van der Waals surface area contributed by atoms with E-state index in [1.165, 1.54) is 6.26 Å². The van der Waals surface area contributed by atoms with E-state index in [0.29, 0.717) is 5.76 Å². The fraction of sp³-hybridized carbons (Fsp3) is 0.545. The minimum Gasteiger partial charge on any atom is -0.467 e. The van der Waals surface area contributed by atoms with Crippen LogP contribution in [0.5, 0.6) is 0 Å². The normalized spacial score (nSPS) is 18.6. The molecule has 1 aliphatic heterocycles. The smallest absolute Gasteiger partial charge is 0.242 e. The molecule has 1 aromatic heterocycles. The Morgan fingerprint density at radius 2 is 2.12 bits per heavy atom. The largest absolute Gasteiger partial charge is 0.467 e. The van der Waals surface area contributed by atoms with Crippen molar-refractivity contribution in [1.82, 2.24) is 4.90 Å². The lowest BCUT2D eigenvalue weighted by molar-refractivity contribution is -0.134. The average Bonchev–Trinajstić information content (AvgIpc) is 2.97. The van der Waals surface area contributed by atoms with Gasteiger partial charge in [-0.15, -0.1) is 12.4 Å². The summed E-state index contributed by atoms with van der Waals surface area (Å²) in [4.78, 5) is 13.6. The predicted octanol–water partition coefficient (Wildman–Crippen LogP) is 0.684. The van der Waals surface area contributed by atoms with Crippen molar-refractivity contribution in [1.29, 1.82) is 0 Å². The van der Waals surface area contributed by atoms with Crippen molar-refractivity contribution in [3.05, 3.63) is 24.2 Å². The molecular formula is C11H17ClN2O3. The molecule has 0 saturated carbocycles. The first-order chi connectivity index (χ1) is 7.70. The molecule has 6 heteroatoms. The van der Waals surface area contributed by atoms with Gasteiger partial charge in [0.25, 0.3) is 0 Å². The zero-order chi connectivity index (χ0) is 11.5. The van der Waals surface area contributed by atoms with E-state index >= 15 is 0 Å². The molecule has 2 rings (SSSR count). The topological polar surface area (TPSA) is 79.7 Å². The summed E-state index contributed by atoms with van der Waals surface area (Å²) in [5.74, 6) is 0.126. The van der Waals surface area contributed by atoms with Gasteiger partial charge in [0, 0.05) is 13.1 Å². The van der Waals surface area contributed by atoms with E-state index < -0.39 is 12.1 Å². The first-order valence-corrected chi connectivity index (χ1v) is 5.46. The van der Waals surface area contributed by atoms with Crippen LogP contribution >= 0.6 is 12.4 Å². The Morgan fingerprint density at radius 3 is 2.65 bits per heavy atom. The number of aliphatic hydroxyl groups is 1. The number of hydrogen-bond donors (Lipinski definition) is 2. The van der Waals surface area contributed by atoms with Crippen molar-refractivity contribution < 1.29 is 14.3 Å². The third-order valence-electron chi connectivity index (χ3n) is 2.88. The minimum absolute atomic E-state index is 0. The number of likely N-dealkylation sites (tertiary alicyclic amines) is 1. The Bertz CT molecular complexity index is 350. The van der Waals surface area contributed by atoms with Crippen molar-refractivity contribution in [2.75, 3.05) is 13.1 Å². The minimum atomic E-state index is -1.07. The van der Waals surface area contributed by atoms with Crippen molar-refractivity contribution in [2.45, 2.75) is 25.0 Å². The Hall–Kier alpha value is -1.04. The van der Waals surface area contributed by atoms with Gasteiger partial charge >= 0.3 is 0 Å². The molecule has 1 fully saturated rings. The maximum absolute atomic E-state index is 11.9. The summed E-state index contributed by atoms with van der Waals surface area (Å²) in [6.45, 7) is 1.47. The van der Waals surface area contributed by atoms with E-state index in [2.05, 4.69) is 0 Å². The van der Waals surface area contributed by atoms with Gasteiger partial charge in [-0.05, 0) is 25.0 Å². The third-order valence-corrected chi connectivity index (χ3v) is 2.88. The SMILES string of the molecule is Cl.NC(C(=O)N1CCCC1)C(O)c1ccco1. The maximum atomic E-state index is 11.9. The molecule has 1 amide bonds. The van der Waals surface area contributed by atoms with Gasteiger partial charge in [-0.2, -0.15) is 0 Å². The Labute approximate surface area is 106 Å². The molecule has 3 N–H and O–H groups in total. The number of carbonyl (C=O) groups is 1. The Balaban J connectivity index is 0.00000144. The molecule has 1 aliphatic rings. The molecule has 2 heterocycles. The van der Waals surface area contributed by atoms with E-state index in [-0.39, 0.29) is 18.3 Å². The van der Waals surface area contributed by atoms with E-state index in [1.807, 2.05) is 0 Å². The van der Waals surface area contributed by atoms with Crippen LogP contribution in [0.3, 0.4) is 0 Å². The quantitative estimate of drug-likeness (QED) is 0.838. The van der Waals surface area contributed by atoms with E-state index in [4.69, 9.17) is 10.2 Å². The zero-order valence-corrected chi connectivity index (χ0v) is 10.2. The van der Waals surface area contributed by atoms with Crippen LogP contribution in [0.15, 0.2) is 22.8 Å². The number of halogens is 1. The second-order valence-corrected chi connectivity index (χ2v) is 4.02. The highest BCUT2D eigenvalue weighted by molar-refractivity contribution is 5.85. The molecular weight excluding hydrogens is 244 g/mol. The van der Waals surface area contributed by atoms with Crippen molar-refractivity contribution in [2.24, 2.45) is 5.73 Å². The monoisotopic (exact) mass is 260 g/mol. The van der Waals surface area contributed by atoms with E-state index in [1.54, 1.807) is 17.0 Å².